The van der Waals surface area contributed by atoms with Crippen LogP contribution < -0.4 is 5.32 Å². The number of nitrogens with zero attached hydrogens (tertiary/aromatic N) is 3. The lowest BCUT2D eigenvalue weighted by Crippen LogP contribution is -2.07. The van der Waals surface area contributed by atoms with Crippen LogP contribution in [0.3, 0.4) is 0 Å². The first-order valence-corrected chi connectivity index (χ1v) is 8.15. The summed E-state index contributed by atoms with van der Waals surface area (Å²) in [6, 6.07) is 2.26. The van der Waals surface area contributed by atoms with Crippen molar-refractivity contribution in [2.24, 2.45) is 0 Å². The van der Waals surface area contributed by atoms with Crippen LogP contribution in [0, 0.1) is 6.92 Å². The predicted molar refractivity (Wildman–Crippen MR) is 84.9 cm³/mol. The first kappa shape index (κ1) is 14.4. The summed E-state index contributed by atoms with van der Waals surface area (Å²) in [7, 11) is 1.69. The molecule has 0 fully saturated rings. The van der Waals surface area contributed by atoms with Crippen molar-refractivity contribution < 1.29 is 4.74 Å². The van der Waals surface area contributed by atoms with E-state index in [0.717, 1.165) is 40.8 Å². The molecular weight excluding hydrogens is 284 g/mol. The topological polar surface area (TPSA) is 59.9 Å². The van der Waals surface area contributed by atoms with Crippen LogP contribution in [0.15, 0.2) is 6.07 Å². The van der Waals surface area contributed by atoms with E-state index in [0.29, 0.717) is 6.61 Å². The summed E-state index contributed by atoms with van der Waals surface area (Å²) in [5.74, 6) is 0. The normalized spacial score (nSPS) is 14.0. The molecule has 21 heavy (non-hydrogen) atoms. The fourth-order valence-corrected chi connectivity index (χ4v) is 3.45. The molecule has 0 radical (unpaired) electrons. The summed E-state index contributed by atoms with van der Waals surface area (Å²) in [4.78, 5) is 4.77. The summed E-state index contributed by atoms with van der Waals surface area (Å²) in [5.41, 5.74) is 4.82. The van der Waals surface area contributed by atoms with Crippen molar-refractivity contribution in [1.82, 2.24) is 15.2 Å². The Hall–Kier alpha value is -1.53. The summed E-state index contributed by atoms with van der Waals surface area (Å²) in [6.07, 6.45) is 4.76. The highest BCUT2D eigenvalue weighted by Crippen LogP contribution is 2.31. The average Bonchev–Trinajstić information content (AvgIpc) is 2.95. The van der Waals surface area contributed by atoms with Gasteiger partial charge in [0.1, 0.15) is 0 Å². The maximum atomic E-state index is 5.02. The van der Waals surface area contributed by atoms with Crippen molar-refractivity contribution in [2.45, 2.75) is 32.6 Å². The zero-order chi connectivity index (χ0) is 14.7. The molecule has 6 heteroatoms. The molecular formula is C15H20N4OS. The number of nitrogens with one attached hydrogen (secondary N) is 1. The van der Waals surface area contributed by atoms with Gasteiger partial charge in [0.15, 0.2) is 5.01 Å². The van der Waals surface area contributed by atoms with Crippen LogP contribution in [0.1, 0.15) is 29.8 Å². The molecule has 0 aromatic carbocycles. The van der Waals surface area contributed by atoms with Gasteiger partial charge in [0.25, 0.3) is 0 Å². The third-order valence-electron chi connectivity index (χ3n) is 3.73. The van der Waals surface area contributed by atoms with Gasteiger partial charge in [-0.1, -0.05) is 11.3 Å². The lowest BCUT2D eigenvalue weighted by Gasteiger charge is -2.16. The minimum Gasteiger partial charge on any atom is -0.383 e. The van der Waals surface area contributed by atoms with E-state index in [1.54, 1.807) is 18.4 Å². The predicted octanol–water partition coefficient (Wildman–Crippen LogP) is 2.85. The molecule has 2 aromatic heterocycles. The van der Waals surface area contributed by atoms with Gasteiger partial charge < -0.3 is 10.1 Å². The van der Waals surface area contributed by atoms with Gasteiger partial charge in [0.2, 0.25) is 5.13 Å². The fraction of sp³-hybridized carbons (Fsp3) is 0.533. The maximum Gasteiger partial charge on any atom is 0.206 e. The quantitative estimate of drug-likeness (QED) is 0.861. The molecule has 0 saturated carbocycles. The Balaban J connectivity index is 1.83. The molecule has 2 heterocycles. The monoisotopic (exact) mass is 304 g/mol. The van der Waals surface area contributed by atoms with Gasteiger partial charge in [-0.25, -0.2) is 0 Å². The molecule has 0 amide bonds. The standard InChI is InChI=1S/C15H20N4OS/c1-10-12(9-11-5-3-4-6-13(11)17-10)14-18-19-15(21-14)16-7-8-20-2/h9H,3-8H2,1-2H3,(H,16,19). The molecule has 1 aliphatic rings. The molecule has 112 valence electrons. The van der Waals surface area contributed by atoms with Gasteiger partial charge >= 0.3 is 0 Å². The molecule has 1 aliphatic carbocycles. The summed E-state index contributed by atoms with van der Waals surface area (Å²) < 4.78 is 5.02. The van der Waals surface area contributed by atoms with E-state index in [1.807, 2.05) is 0 Å². The first-order chi connectivity index (χ1) is 10.3. The van der Waals surface area contributed by atoms with E-state index in [-0.39, 0.29) is 0 Å². The zero-order valence-corrected chi connectivity index (χ0v) is 13.3. The van der Waals surface area contributed by atoms with Crippen LogP contribution in [0.2, 0.25) is 0 Å². The van der Waals surface area contributed by atoms with Gasteiger partial charge in [-0.3, -0.25) is 4.98 Å². The van der Waals surface area contributed by atoms with E-state index in [9.17, 15) is 0 Å². The van der Waals surface area contributed by atoms with Crippen molar-refractivity contribution >= 4 is 16.5 Å². The van der Waals surface area contributed by atoms with Crippen molar-refractivity contribution in [3.05, 3.63) is 23.0 Å². The third-order valence-corrected chi connectivity index (χ3v) is 4.64. The second-order valence-corrected chi connectivity index (χ2v) is 6.24. The number of hydrogen-bond acceptors (Lipinski definition) is 6. The molecule has 2 aromatic rings. The number of hydrogen-bond donors (Lipinski definition) is 1. The fourth-order valence-electron chi connectivity index (χ4n) is 2.62. The number of fused-ring (bicyclic) bond motifs is 1. The molecule has 0 unspecified atom stereocenters. The summed E-state index contributed by atoms with van der Waals surface area (Å²) in [6.45, 7) is 3.46. The van der Waals surface area contributed by atoms with E-state index >= 15 is 0 Å². The Bertz CT molecular complexity index is 626. The highest BCUT2D eigenvalue weighted by molar-refractivity contribution is 7.18. The second-order valence-electron chi connectivity index (χ2n) is 5.27. The number of rotatable bonds is 5. The minimum atomic E-state index is 0.661. The van der Waals surface area contributed by atoms with Crippen molar-refractivity contribution in [3.63, 3.8) is 0 Å². The largest absolute Gasteiger partial charge is 0.383 e. The van der Waals surface area contributed by atoms with Crippen LogP contribution >= 0.6 is 11.3 Å². The van der Waals surface area contributed by atoms with E-state index in [2.05, 4.69) is 28.5 Å². The molecule has 0 saturated heterocycles. The van der Waals surface area contributed by atoms with Gasteiger partial charge in [0, 0.05) is 30.6 Å². The average molecular weight is 304 g/mol. The van der Waals surface area contributed by atoms with Crippen LogP contribution in [0.4, 0.5) is 5.13 Å². The van der Waals surface area contributed by atoms with Gasteiger partial charge in [-0.05, 0) is 44.2 Å². The minimum absolute atomic E-state index is 0.661. The van der Waals surface area contributed by atoms with Crippen LogP contribution in [0.5, 0.6) is 0 Å². The Morgan fingerprint density at radius 2 is 2.14 bits per heavy atom. The van der Waals surface area contributed by atoms with E-state index in [4.69, 9.17) is 9.72 Å². The second kappa shape index (κ2) is 6.49. The number of aromatic nitrogens is 3. The molecule has 1 N–H and O–H groups in total. The van der Waals surface area contributed by atoms with Crippen LogP contribution in [-0.4, -0.2) is 35.4 Å². The third kappa shape index (κ3) is 3.22. The molecule has 0 bridgehead atoms. The van der Waals surface area contributed by atoms with Gasteiger partial charge in [0.05, 0.1) is 6.61 Å². The van der Waals surface area contributed by atoms with E-state index < -0.39 is 0 Å². The van der Waals surface area contributed by atoms with Crippen LogP contribution in [0.25, 0.3) is 10.6 Å². The van der Waals surface area contributed by atoms with Crippen molar-refractivity contribution in [2.75, 3.05) is 25.6 Å². The van der Waals surface area contributed by atoms with Gasteiger partial charge in [-0.2, -0.15) is 0 Å². The molecule has 3 rings (SSSR count). The summed E-state index contributed by atoms with van der Waals surface area (Å²) in [5, 5.41) is 13.5. The Morgan fingerprint density at radius 1 is 1.29 bits per heavy atom. The maximum absolute atomic E-state index is 5.02. The molecule has 0 spiro atoms. The number of anilines is 1. The number of methoxy groups -OCH3 is 1. The number of pyridine rings is 1. The smallest absolute Gasteiger partial charge is 0.206 e. The van der Waals surface area contributed by atoms with Crippen LogP contribution in [-0.2, 0) is 17.6 Å². The SMILES string of the molecule is COCCNc1nnc(-c2cc3c(nc2C)CCCC3)s1. The number of ether oxygens (including phenoxy) is 1. The molecule has 5 nitrogen and oxygen atoms in total. The highest BCUT2D eigenvalue weighted by Gasteiger charge is 2.16. The first-order valence-electron chi connectivity index (χ1n) is 7.34. The number of aryl methyl sites for hydroxylation is 3. The Kier molecular flexibility index (Phi) is 4.45. The van der Waals surface area contributed by atoms with E-state index in [1.165, 1.54) is 24.1 Å². The van der Waals surface area contributed by atoms with Crippen molar-refractivity contribution in [3.8, 4) is 10.6 Å². The lowest BCUT2D eigenvalue weighted by molar-refractivity contribution is 0.211. The molecule has 0 aliphatic heterocycles. The van der Waals surface area contributed by atoms with Gasteiger partial charge in [-0.15, -0.1) is 10.2 Å². The Morgan fingerprint density at radius 3 is 3.00 bits per heavy atom. The Labute approximate surface area is 128 Å². The molecule has 0 atom stereocenters. The van der Waals surface area contributed by atoms with Crippen molar-refractivity contribution in [1.29, 1.82) is 0 Å². The highest BCUT2D eigenvalue weighted by atomic mass is 32.1. The summed E-state index contributed by atoms with van der Waals surface area (Å²) >= 11 is 1.57. The lowest BCUT2D eigenvalue weighted by atomic mass is 9.94. The zero-order valence-electron chi connectivity index (χ0n) is 12.5.